The first kappa shape index (κ1) is 17.3. The lowest BCUT2D eigenvalue weighted by Crippen LogP contribution is -2.44. The average Bonchev–Trinajstić information content (AvgIpc) is 3.05. The number of nitrogens with zero attached hydrogens (tertiary/aromatic N) is 5. The number of carbonyl (C=O) groups is 1. The molecule has 0 spiro atoms. The first-order valence-electron chi connectivity index (χ1n) is 8.66. The molecule has 3 heterocycles. The Bertz CT molecular complexity index is 542. The number of piperazine rings is 1. The molecule has 1 aromatic heterocycles. The molecular weight excluding hydrogens is 310 g/mol. The van der Waals surface area contributed by atoms with Crippen LogP contribution in [0.5, 0.6) is 0 Å². The van der Waals surface area contributed by atoms with Gasteiger partial charge in [0.05, 0.1) is 19.1 Å². The van der Waals surface area contributed by atoms with Crippen molar-refractivity contribution in [2.24, 2.45) is 0 Å². The van der Waals surface area contributed by atoms with Gasteiger partial charge in [-0.2, -0.15) is 4.98 Å². The summed E-state index contributed by atoms with van der Waals surface area (Å²) in [6, 6.07) is 0. The molecule has 2 fully saturated rings. The van der Waals surface area contributed by atoms with E-state index in [2.05, 4.69) is 27.0 Å². The van der Waals surface area contributed by atoms with Gasteiger partial charge in [0.2, 0.25) is 11.8 Å². The number of amides is 1. The SMILES string of the molecule is COCCN1C[C@@H](c2nc(CN3CCN(C)CC3)no2)CCC1=O. The second-order valence-corrected chi connectivity index (χ2v) is 6.70. The smallest absolute Gasteiger partial charge is 0.231 e. The average molecular weight is 337 g/mol. The van der Waals surface area contributed by atoms with Crippen LogP contribution in [-0.4, -0.2) is 90.8 Å². The number of likely N-dealkylation sites (tertiary alicyclic amines) is 1. The molecule has 3 rings (SSSR count). The Hall–Kier alpha value is -1.51. The van der Waals surface area contributed by atoms with Crippen LogP contribution in [0.2, 0.25) is 0 Å². The predicted molar refractivity (Wildman–Crippen MR) is 87.5 cm³/mol. The normalized spacial score (nSPS) is 23.8. The van der Waals surface area contributed by atoms with Gasteiger partial charge in [0.15, 0.2) is 5.82 Å². The molecule has 2 aliphatic rings. The summed E-state index contributed by atoms with van der Waals surface area (Å²) < 4.78 is 10.6. The van der Waals surface area contributed by atoms with Gasteiger partial charge in [-0.05, 0) is 13.5 Å². The van der Waals surface area contributed by atoms with Crippen LogP contribution in [0.1, 0.15) is 30.5 Å². The van der Waals surface area contributed by atoms with Crippen molar-refractivity contribution in [3.63, 3.8) is 0 Å². The van der Waals surface area contributed by atoms with Gasteiger partial charge in [0.1, 0.15) is 0 Å². The molecule has 1 amide bonds. The van der Waals surface area contributed by atoms with Gasteiger partial charge < -0.3 is 19.1 Å². The number of piperidine rings is 1. The minimum absolute atomic E-state index is 0.133. The van der Waals surface area contributed by atoms with Crippen molar-refractivity contribution in [1.82, 2.24) is 24.8 Å². The zero-order valence-corrected chi connectivity index (χ0v) is 14.6. The number of carbonyl (C=O) groups excluding carboxylic acids is 1. The van der Waals surface area contributed by atoms with E-state index < -0.39 is 0 Å². The molecule has 0 aliphatic carbocycles. The van der Waals surface area contributed by atoms with Gasteiger partial charge in [0, 0.05) is 52.8 Å². The van der Waals surface area contributed by atoms with Crippen LogP contribution in [0.25, 0.3) is 0 Å². The summed E-state index contributed by atoms with van der Waals surface area (Å²) in [5.41, 5.74) is 0. The Morgan fingerprint density at radius 3 is 2.83 bits per heavy atom. The molecule has 134 valence electrons. The number of likely N-dealkylation sites (N-methyl/N-ethyl adjacent to an activating group) is 1. The van der Waals surface area contributed by atoms with E-state index in [-0.39, 0.29) is 11.8 Å². The van der Waals surface area contributed by atoms with Gasteiger partial charge in [-0.3, -0.25) is 9.69 Å². The third-order valence-electron chi connectivity index (χ3n) is 4.86. The van der Waals surface area contributed by atoms with E-state index in [4.69, 9.17) is 9.26 Å². The van der Waals surface area contributed by atoms with Crippen molar-refractivity contribution >= 4 is 5.91 Å². The van der Waals surface area contributed by atoms with E-state index in [0.29, 0.717) is 32.0 Å². The Morgan fingerprint density at radius 2 is 2.08 bits per heavy atom. The lowest BCUT2D eigenvalue weighted by atomic mass is 9.97. The molecule has 24 heavy (non-hydrogen) atoms. The second-order valence-electron chi connectivity index (χ2n) is 6.70. The summed E-state index contributed by atoms with van der Waals surface area (Å²) in [6.07, 6.45) is 1.31. The maximum Gasteiger partial charge on any atom is 0.231 e. The van der Waals surface area contributed by atoms with Crippen LogP contribution in [0, 0.1) is 0 Å². The van der Waals surface area contributed by atoms with Gasteiger partial charge in [-0.25, -0.2) is 0 Å². The molecule has 2 aliphatic heterocycles. The molecule has 1 aromatic rings. The third kappa shape index (κ3) is 4.31. The fourth-order valence-electron chi connectivity index (χ4n) is 3.24. The number of hydrogen-bond donors (Lipinski definition) is 0. The molecule has 2 saturated heterocycles. The summed E-state index contributed by atoms with van der Waals surface area (Å²) in [4.78, 5) is 23.1. The summed E-state index contributed by atoms with van der Waals surface area (Å²) in [7, 11) is 3.79. The van der Waals surface area contributed by atoms with Crippen molar-refractivity contribution in [1.29, 1.82) is 0 Å². The number of ether oxygens (including phenoxy) is 1. The fourth-order valence-corrected chi connectivity index (χ4v) is 3.24. The van der Waals surface area contributed by atoms with Crippen LogP contribution in [0.4, 0.5) is 0 Å². The van der Waals surface area contributed by atoms with Gasteiger partial charge in [-0.1, -0.05) is 5.16 Å². The predicted octanol–water partition coefficient (Wildman–Crippen LogP) is 0.169. The summed E-state index contributed by atoms with van der Waals surface area (Å²) in [5, 5.41) is 4.14. The highest BCUT2D eigenvalue weighted by Crippen LogP contribution is 2.26. The van der Waals surface area contributed by atoms with Crippen LogP contribution in [-0.2, 0) is 16.1 Å². The molecule has 0 saturated carbocycles. The Labute approximate surface area is 142 Å². The monoisotopic (exact) mass is 337 g/mol. The Balaban J connectivity index is 1.55. The molecule has 8 heteroatoms. The van der Waals surface area contributed by atoms with E-state index in [9.17, 15) is 4.79 Å². The highest BCUT2D eigenvalue weighted by atomic mass is 16.5. The zero-order valence-electron chi connectivity index (χ0n) is 14.6. The largest absolute Gasteiger partial charge is 0.383 e. The van der Waals surface area contributed by atoms with Gasteiger partial charge in [-0.15, -0.1) is 0 Å². The number of hydrogen-bond acceptors (Lipinski definition) is 7. The molecule has 8 nitrogen and oxygen atoms in total. The number of methoxy groups -OCH3 is 1. The highest BCUT2D eigenvalue weighted by Gasteiger charge is 2.30. The minimum Gasteiger partial charge on any atom is -0.383 e. The highest BCUT2D eigenvalue weighted by molar-refractivity contribution is 5.77. The molecular formula is C16H27N5O3. The van der Waals surface area contributed by atoms with Crippen LogP contribution < -0.4 is 0 Å². The van der Waals surface area contributed by atoms with E-state index >= 15 is 0 Å². The lowest BCUT2D eigenvalue weighted by molar-refractivity contribution is -0.134. The van der Waals surface area contributed by atoms with E-state index in [1.165, 1.54) is 0 Å². The number of rotatable bonds is 6. The van der Waals surface area contributed by atoms with E-state index in [0.717, 1.165) is 45.0 Å². The fraction of sp³-hybridized carbons (Fsp3) is 0.812. The van der Waals surface area contributed by atoms with Crippen LogP contribution in [0.3, 0.4) is 0 Å². The van der Waals surface area contributed by atoms with Crippen LogP contribution in [0.15, 0.2) is 4.52 Å². The molecule has 0 bridgehead atoms. The topological polar surface area (TPSA) is 74.9 Å². The van der Waals surface area contributed by atoms with E-state index in [1.807, 2.05) is 4.90 Å². The van der Waals surface area contributed by atoms with Crippen molar-refractivity contribution in [2.75, 3.05) is 60.0 Å². The first-order chi connectivity index (χ1) is 11.7. The Morgan fingerprint density at radius 1 is 1.29 bits per heavy atom. The quantitative estimate of drug-likeness (QED) is 0.732. The lowest BCUT2D eigenvalue weighted by Gasteiger charge is -2.31. The van der Waals surface area contributed by atoms with Gasteiger partial charge >= 0.3 is 0 Å². The van der Waals surface area contributed by atoms with Crippen LogP contribution >= 0.6 is 0 Å². The van der Waals surface area contributed by atoms with Crippen molar-refractivity contribution in [3.8, 4) is 0 Å². The second kappa shape index (κ2) is 8.04. The zero-order chi connectivity index (χ0) is 16.9. The molecule has 0 aromatic carbocycles. The van der Waals surface area contributed by atoms with Crippen molar-refractivity contribution < 1.29 is 14.1 Å². The summed E-state index contributed by atoms with van der Waals surface area (Å²) in [6.45, 7) is 6.75. The number of aromatic nitrogens is 2. The standard InChI is InChI=1S/C16H27N5O3/c1-19-5-7-20(8-6-19)12-14-17-16(24-18-14)13-3-4-15(22)21(11-13)9-10-23-2/h13H,3-12H2,1-2H3/t13-/m0/s1. The first-order valence-corrected chi connectivity index (χ1v) is 8.66. The minimum atomic E-state index is 0.133. The molecule has 1 atom stereocenters. The molecule has 0 radical (unpaired) electrons. The van der Waals surface area contributed by atoms with E-state index in [1.54, 1.807) is 7.11 Å². The van der Waals surface area contributed by atoms with Crippen molar-refractivity contribution in [2.45, 2.75) is 25.3 Å². The molecule has 0 unspecified atom stereocenters. The summed E-state index contributed by atoms with van der Waals surface area (Å²) >= 11 is 0. The molecule has 0 N–H and O–H groups in total. The van der Waals surface area contributed by atoms with Gasteiger partial charge in [0.25, 0.3) is 0 Å². The maximum absolute atomic E-state index is 12.0. The Kier molecular flexibility index (Phi) is 5.80. The maximum atomic E-state index is 12.0. The summed E-state index contributed by atoms with van der Waals surface area (Å²) in [5.74, 6) is 1.72. The third-order valence-corrected chi connectivity index (χ3v) is 4.86. The van der Waals surface area contributed by atoms with Crippen molar-refractivity contribution in [3.05, 3.63) is 11.7 Å².